The zero-order valence-corrected chi connectivity index (χ0v) is 12.9. The molecular formula is C12H14BrN3O2S. The second kappa shape index (κ2) is 4.97. The lowest BCUT2D eigenvalue weighted by molar-refractivity contribution is 0.0668. The Morgan fingerprint density at radius 2 is 2.37 bits per heavy atom. The van der Waals surface area contributed by atoms with Crippen LogP contribution < -0.4 is 0 Å². The van der Waals surface area contributed by atoms with E-state index in [1.165, 1.54) is 0 Å². The van der Waals surface area contributed by atoms with E-state index in [2.05, 4.69) is 31.0 Å². The molecule has 1 fully saturated rings. The smallest absolute Gasteiger partial charge is 0.257 e. The van der Waals surface area contributed by atoms with Gasteiger partial charge in [-0.3, -0.25) is 4.90 Å². The number of rotatable bonds is 3. The number of aliphatic hydroxyl groups is 1. The predicted octanol–water partition coefficient (Wildman–Crippen LogP) is 2.52. The van der Waals surface area contributed by atoms with Gasteiger partial charge in [0.25, 0.3) is 5.89 Å². The van der Waals surface area contributed by atoms with Crippen LogP contribution in [0.4, 0.5) is 0 Å². The lowest BCUT2D eigenvalue weighted by Crippen LogP contribution is -2.29. The van der Waals surface area contributed by atoms with Crippen molar-refractivity contribution >= 4 is 27.3 Å². The molecule has 5 nitrogen and oxygen atoms in total. The van der Waals surface area contributed by atoms with Gasteiger partial charge >= 0.3 is 0 Å². The molecule has 1 atom stereocenters. The molecule has 1 N–H and O–H groups in total. The third-order valence-corrected chi connectivity index (χ3v) is 4.75. The Balaban J connectivity index is 1.69. The minimum atomic E-state index is -0.596. The Kier molecular flexibility index (Phi) is 3.46. The molecule has 19 heavy (non-hydrogen) atoms. The van der Waals surface area contributed by atoms with Gasteiger partial charge in [0.05, 0.1) is 20.8 Å². The topological polar surface area (TPSA) is 62.4 Å². The molecule has 1 aliphatic heterocycles. The van der Waals surface area contributed by atoms with E-state index in [9.17, 15) is 5.11 Å². The van der Waals surface area contributed by atoms with Crippen LogP contribution in [0.2, 0.25) is 0 Å². The predicted molar refractivity (Wildman–Crippen MR) is 75.8 cm³/mol. The van der Waals surface area contributed by atoms with Gasteiger partial charge in [-0.25, -0.2) is 0 Å². The van der Waals surface area contributed by atoms with Crippen LogP contribution in [0.5, 0.6) is 0 Å². The second-order valence-corrected chi connectivity index (χ2v) is 7.53. The highest BCUT2D eigenvalue weighted by atomic mass is 79.9. The number of aromatic nitrogens is 2. The standard InChI is InChI=1S/C12H14BrN3O2S/c1-12(17)4-5-16(7-12)6-10-14-15-11(18-10)8-2-3-9(13)19-8/h2-3,17H,4-7H2,1H3. The molecule has 0 saturated carbocycles. The van der Waals surface area contributed by atoms with Crippen LogP contribution in [0.25, 0.3) is 10.8 Å². The number of halogens is 1. The molecule has 0 radical (unpaired) electrons. The van der Waals surface area contributed by atoms with Crippen molar-refractivity contribution in [3.8, 4) is 10.8 Å². The Morgan fingerprint density at radius 3 is 3.00 bits per heavy atom. The fourth-order valence-corrected chi connectivity index (χ4v) is 3.52. The van der Waals surface area contributed by atoms with Gasteiger partial charge in [-0.05, 0) is 41.4 Å². The molecule has 2 aromatic rings. The SMILES string of the molecule is CC1(O)CCN(Cc2nnc(-c3ccc(Br)s3)o2)C1. The first-order chi connectivity index (χ1) is 9.02. The maximum absolute atomic E-state index is 9.92. The number of hydrogen-bond acceptors (Lipinski definition) is 6. The summed E-state index contributed by atoms with van der Waals surface area (Å²) in [5.74, 6) is 1.15. The highest BCUT2D eigenvalue weighted by Gasteiger charge is 2.31. The number of thiophene rings is 1. The molecule has 3 heterocycles. The first kappa shape index (κ1) is 13.2. The average Bonchev–Trinajstić information content (AvgIpc) is 3.00. The highest BCUT2D eigenvalue weighted by molar-refractivity contribution is 9.11. The van der Waals surface area contributed by atoms with Crippen molar-refractivity contribution in [1.82, 2.24) is 15.1 Å². The van der Waals surface area contributed by atoms with E-state index in [0.29, 0.717) is 24.9 Å². The minimum absolute atomic E-state index is 0.552. The van der Waals surface area contributed by atoms with Gasteiger partial charge in [0.15, 0.2) is 0 Å². The maximum atomic E-state index is 9.92. The first-order valence-electron chi connectivity index (χ1n) is 6.05. The van der Waals surface area contributed by atoms with Gasteiger partial charge in [0, 0.05) is 13.1 Å². The van der Waals surface area contributed by atoms with Crippen LogP contribution in [0.3, 0.4) is 0 Å². The Morgan fingerprint density at radius 1 is 1.53 bits per heavy atom. The summed E-state index contributed by atoms with van der Waals surface area (Å²) in [6.45, 7) is 3.95. The number of likely N-dealkylation sites (tertiary alicyclic amines) is 1. The van der Waals surface area contributed by atoms with Crippen molar-refractivity contribution in [2.45, 2.75) is 25.5 Å². The maximum Gasteiger partial charge on any atom is 0.257 e. The van der Waals surface area contributed by atoms with E-state index >= 15 is 0 Å². The van der Waals surface area contributed by atoms with Crippen molar-refractivity contribution in [1.29, 1.82) is 0 Å². The monoisotopic (exact) mass is 343 g/mol. The zero-order chi connectivity index (χ0) is 13.5. The molecule has 1 aliphatic rings. The van der Waals surface area contributed by atoms with Gasteiger partial charge in [0.1, 0.15) is 0 Å². The van der Waals surface area contributed by atoms with Crippen LogP contribution >= 0.6 is 27.3 Å². The number of nitrogens with zero attached hydrogens (tertiary/aromatic N) is 3. The van der Waals surface area contributed by atoms with Crippen LogP contribution in [0.15, 0.2) is 20.3 Å². The third kappa shape index (κ3) is 3.05. The quantitative estimate of drug-likeness (QED) is 0.927. The molecule has 7 heteroatoms. The van der Waals surface area contributed by atoms with E-state index in [1.54, 1.807) is 11.3 Å². The summed E-state index contributed by atoms with van der Waals surface area (Å²) in [5, 5.41) is 18.0. The van der Waals surface area contributed by atoms with Gasteiger partial charge in [-0.15, -0.1) is 21.5 Å². The molecule has 0 bridgehead atoms. The average molecular weight is 344 g/mol. The number of β-amino-alcohol motifs (C(OH)–C–C–N with tert-alkyl or cyclic N) is 1. The molecule has 1 unspecified atom stereocenters. The molecule has 0 aliphatic carbocycles. The summed E-state index contributed by atoms with van der Waals surface area (Å²) >= 11 is 4.98. The summed E-state index contributed by atoms with van der Waals surface area (Å²) in [6.07, 6.45) is 0.784. The van der Waals surface area contributed by atoms with Crippen LogP contribution in [-0.4, -0.2) is 38.9 Å². The van der Waals surface area contributed by atoms with E-state index in [4.69, 9.17) is 4.42 Å². The Bertz CT molecular complexity index is 581. The summed E-state index contributed by atoms with van der Waals surface area (Å²) in [4.78, 5) is 3.08. The molecule has 0 amide bonds. The molecule has 102 valence electrons. The van der Waals surface area contributed by atoms with Crippen molar-refractivity contribution in [3.63, 3.8) is 0 Å². The van der Waals surface area contributed by atoms with Crippen LogP contribution in [0, 0.1) is 0 Å². The normalized spacial score (nSPS) is 24.2. The molecular weight excluding hydrogens is 330 g/mol. The third-order valence-electron chi connectivity index (χ3n) is 3.14. The molecule has 2 aromatic heterocycles. The van der Waals surface area contributed by atoms with E-state index in [-0.39, 0.29) is 0 Å². The van der Waals surface area contributed by atoms with Gasteiger partial charge in [-0.1, -0.05) is 0 Å². The van der Waals surface area contributed by atoms with Gasteiger partial charge in [-0.2, -0.15) is 0 Å². The van der Waals surface area contributed by atoms with Crippen LogP contribution in [0.1, 0.15) is 19.2 Å². The minimum Gasteiger partial charge on any atom is -0.419 e. The van der Waals surface area contributed by atoms with Gasteiger partial charge < -0.3 is 9.52 Å². The van der Waals surface area contributed by atoms with E-state index in [1.807, 2.05) is 19.1 Å². The largest absolute Gasteiger partial charge is 0.419 e. The van der Waals surface area contributed by atoms with E-state index < -0.39 is 5.60 Å². The summed E-state index contributed by atoms with van der Waals surface area (Å²) in [6, 6.07) is 3.91. The molecule has 0 spiro atoms. The fraction of sp³-hybridized carbons (Fsp3) is 0.500. The lowest BCUT2D eigenvalue weighted by Gasteiger charge is -2.16. The molecule has 1 saturated heterocycles. The summed E-state index contributed by atoms with van der Waals surface area (Å²) in [7, 11) is 0. The lowest BCUT2D eigenvalue weighted by atomic mass is 10.1. The fourth-order valence-electron chi connectivity index (χ4n) is 2.21. The van der Waals surface area contributed by atoms with Crippen molar-refractivity contribution < 1.29 is 9.52 Å². The zero-order valence-electron chi connectivity index (χ0n) is 10.5. The Hall–Kier alpha value is -0.760. The summed E-state index contributed by atoms with van der Waals surface area (Å²) < 4.78 is 6.70. The number of hydrogen-bond donors (Lipinski definition) is 1. The van der Waals surface area contributed by atoms with Crippen molar-refractivity contribution in [3.05, 3.63) is 21.8 Å². The van der Waals surface area contributed by atoms with Crippen molar-refractivity contribution in [2.24, 2.45) is 0 Å². The van der Waals surface area contributed by atoms with Gasteiger partial charge in [0.2, 0.25) is 5.89 Å². The highest BCUT2D eigenvalue weighted by Crippen LogP contribution is 2.30. The molecule has 3 rings (SSSR count). The van der Waals surface area contributed by atoms with Crippen LogP contribution in [-0.2, 0) is 6.54 Å². The van der Waals surface area contributed by atoms with E-state index in [0.717, 1.165) is 21.6 Å². The second-order valence-electron chi connectivity index (χ2n) is 5.06. The Labute approximate surface area is 123 Å². The summed E-state index contributed by atoms with van der Waals surface area (Å²) in [5.41, 5.74) is -0.596. The van der Waals surface area contributed by atoms with Crippen molar-refractivity contribution in [2.75, 3.05) is 13.1 Å². The molecule has 0 aromatic carbocycles. The first-order valence-corrected chi connectivity index (χ1v) is 7.66.